The molecule has 0 atom stereocenters. The van der Waals surface area contributed by atoms with Gasteiger partial charge in [-0.3, -0.25) is 0 Å². The van der Waals surface area contributed by atoms with Crippen LogP contribution in [0.3, 0.4) is 0 Å². The van der Waals surface area contributed by atoms with E-state index in [9.17, 15) is 8.42 Å². The lowest BCUT2D eigenvalue weighted by Gasteiger charge is -2.13. The molecule has 0 saturated carbocycles. The molecular formula is C18H21Cl2NO2S. The number of sulfonamides is 1. The summed E-state index contributed by atoms with van der Waals surface area (Å²) in [7, 11) is -3.54. The number of hydrogen-bond donors (Lipinski definition) is 1. The van der Waals surface area contributed by atoms with Crippen molar-refractivity contribution < 1.29 is 8.42 Å². The highest BCUT2D eigenvalue weighted by molar-refractivity contribution is 7.88. The molecule has 0 aliphatic rings. The fourth-order valence-corrected chi connectivity index (χ4v) is 4.37. The zero-order chi connectivity index (χ0) is 17.7. The second-order valence-electron chi connectivity index (χ2n) is 5.59. The molecule has 0 amide bonds. The number of nitrogens with one attached hydrogen (secondary N) is 1. The fourth-order valence-electron chi connectivity index (χ4n) is 2.51. The molecule has 0 bridgehead atoms. The average Bonchev–Trinajstić information content (AvgIpc) is 2.56. The van der Waals surface area contributed by atoms with Gasteiger partial charge in [-0.1, -0.05) is 61.3 Å². The van der Waals surface area contributed by atoms with Gasteiger partial charge in [0.2, 0.25) is 10.0 Å². The number of aryl methyl sites for hydroxylation is 2. The first-order chi connectivity index (χ1) is 11.4. The lowest BCUT2D eigenvalue weighted by molar-refractivity contribution is 0.580. The van der Waals surface area contributed by atoms with Crippen LogP contribution < -0.4 is 4.72 Å². The Kier molecular flexibility index (Phi) is 6.70. The lowest BCUT2D eigenvalue weighted by atomic mass is 10.0. The minimum atomic E-state index is -3.54. The minimum absolute atomic E-state index is 0.236. The van der Waals surface area contributed by atoms with Gasteiger partial charge in [0.15, 0.2) is 0 Å². The second-order valence-corrected chi connectivity index (χ2v) is 8.21. The quantitative estimate of drug-likeness (QED) is 0.747. The highest BCUT2D eigenvalue weighted by Crippen LogP contribution is 2.26. The molecule has 1 N–H and O–H groups in total. The molecule has 0 aromatic heterocycles. The molecule has 6 heteroatoms. The molecule has 0 heterocycles. The Morgan fingerprint density at radius 3 is 2.21 bits per heavy atom. The van der Waals surface area contributed by atoms with Crippen LogP contribution in [0.25, 0.3) is 0 Å². The van der Waals surface area contributed by atoms with Crippen LogP contribution in [0.4, 0.5) is 0 Å². The summed E-state index contributed by atoms with van der Waals surface area (Å²) in [4.78, 5) is 0. The maximum absolute atomic E-state index is 12.4. The van der Waals surface area contributed by atoms with Crippen LogP contribution in [0.1, 0.15) is 36.1 Å². The molecule has 3 nitrogen and oxygen atoms in total. The smallest absolute Gasteiger partial charge is 0.212 e. The third-order valence-corrected chi connectivity index (χ3v) is 5.90. The molecule has 0 unspecified atom stereocenters. The van der Waals surface area contributed by atoms with Crippen molar-refractivity contribution in [1.29, 1.82) is 0 Å². The first-order valence-corrected chi connectivity index (χ1v) is 10.3. The molecule has 0 fully saturated rings. The highest BCUT2D eigenvalue weighted by atomic mass is 35.5. The van der Waals surface area contributed by atoms with Crippen molar-refractivity contribution in [3.63, 3.8) is 0 Å². The molecule has 0 spiro atoms. The first-order valence-electron chi connectivity index (χ1n) is 7.87. The maximum atomic E-state index is 12.4. The number of hydrogen-bond acceptors (Lipinski definition) is 2. The molecule has 2 aromatic rings. The molecule has 2 aromatic carbocycles. The van der Waals surface area contributed by atoms with E-state index in [1.165, 1.54) is 5.56 Å². The Morgan fingerprint density at radius 2 is 1.62 bits per heavy atom. The summed E-state index contributed by atoms with van der Waals surface area (Å²) in [5.74, 6) is -0.236. The van der Waals surface area contributed by atoms with Gasteiger partial charge in [-0.15, -0.1) is 0 Å². The molecular weight excluding hydrogens is 365 g/mol. The monoisotopic (exact) mass is 385 g/mol. The van der Waals surface area contributed by atoms with E-state index in [2.05, 4.69) is 36.8 Å². The number of rotatable bonds is 7. The third-order valence-electron chi connectivity index (χ3n) is 3.94. The van der Waals surface area contributed by atoms with Gasteiger partial charge in [-0.2, -0.15) is 0 Å². The standard InChI is InChI=1S/C18H21Cl2NO2S/c1-3-13-8-9-14(4-2)15(10-13)11-21-24(22,23)12-16-17(19)6-5-7-18(16)20/h5-10,21H,3-4,11-12H2,1-2H3. The molecule has 2 rings (SSSR count). The Balaban J connectivity index is 2.16. The van der Waals surface area contributed by atoms with Crippen LogP contribution in [0, 0.1) is 0 Å². The summed E-state index contributed by atoms with van der Waals surface area (Å²) >= 11 is 12.1. The predicted molar refractivity (Wildman–Crippen MR) is 101 cm³/mol. The molecule has 0 saturated heterocycles. The normalized spacial score (nSPS) is 11.7. The fraction of sp³-hybridized carbons (Fsp3) is 0.333. The van der Waals surface area contributed by atoms with Crippen molar-refractivity contribution in [3.05, 3.63) is 68.7 Å². The predicted octanol–water partition coefficient (Wildman–Crippen LogP) is 4.74. The summed E-state index contributed by atoms with van der Waals surface area (Å²) in [5.41, 5.74) is 3.76. The zero-order valence-electron chi connectivity index (χ0n) is 13.8. The Labute approximate surface area is 154 Å². The zero-order valence-corrected chi connectivity index (χ0v) is 16.1. The number of benzene rings is 2. The van der Waals surface area contributed by atoms with Gasteiger partial charge in [0.25, 0.3) is 0 Å². The summed E-state index contributed by atoms with van der Waals surface area (Å²) in [5, 5.41) is 0.713. The van der Waals surface area contributed by atoms with E-state index in [4.69, 9.17) is 23.2 Å². The van der Waals surface area contributed by atoms with Crippen molar-refractivity contribution in [2.75, 3.05) is 0 Å². The van der Waals surface area contributed by atoms with Crippen LogP contribution in [-0.2, 0) is 35.2 Å². The van der Waals surface area contributed by atoms with Crippen molar-refractivity contribution in [1.82, 2.24) is 4.72 Å². The van der Waals surface area contributed by atoms with E-state index >= 15 is 0 Å². The van der Waals surface area contributed by atoms with Crippen molar-refractivity contribution in [3.8, 4) is 0 Å². The van der Waals surface area contributed by atoms with Crippen LogP contribution in [0.5, 0.6) is 0 Å². The van der Waals surface area contributed by atoms with Gasteiger partial charge < -0.3 is 0 Å². The van der Waals surface area contributed by atoms with Crippen molar-refractivity contribution >= 4 is 33.2 Å². The van der Waals surface area contributed by atoms with Crippen LogP contribution in [-0.4, -0.2) is 8.42 Å². The van der Waals surface area contributed by atoms with E-state index in [0.29, 0.717) is 15.6 Å². The molecule has 0 aliphatic carbocycles. The van der Waals surface area contributed by atoms with Gasteiger partial charge in [-0.05, 0) is 41.7 Å². The van der Waals surface area contributed by atoms with Crippen LogP contribution >= 0.6 is 23.2 Å². The van der Waals surface area contributed by atoms with Gasteiger partial charge in [0.1, 0.15) is 0 Å². The minimum Gasteiger partial charge on any atom is -0.212 e. The maximum Gasteiger partial charge on any atom is 0.216 e. The lowest BCUT2D eigenvalue weighted by Crippen LogP contribution is -2.25. The largest absolute Gasteiger partial charge is 0.216 e. The molecule has 0 radical (unpaired) electrons. The first kappa shape index (κ1) is 19.3. The van der Waals surface area contributed by atoms with Crippen molar-refractivity contribution in [2.45, 2.75) is 39.0 Å². The summed E-state index contributed by atoms with van der Waals surface area (Å²) in [6, 6.07) is 11.2. The molecule has 24 heavy (non-hydrogen) atoms. The second kappa shape index (κ2) is 8.34. The van der Waals surface area contributed by atoms with Gasteiger partial charge in [0.05, 0.1) is 5.75 Å². The van der Waals surface area contributed by atoms with E-state index in [-0.39, 0.29) is 12.3 Å². The van der Waals surface area contributed by atoms with Gasteiger partial charge in [-0.25, -0.2) is 13.1 Å². The SMILES string of the molecule is CCc1ccc(CC)c(CNS(=O)(=O)Cc2c(Cl)cccc2Cl)c1. The van der Waals surface area contributed by atoms with Crippen LogP contribution in [0.2, 0.25) is 10.0 Å². The Bertz CT molecular complexity index is 800. The van der Waals surface area contributed by atoms with Gasteiger partial charge in [0, 0.05) is 22.2 Å². The van der Waals surface area contributed by atoms with Gasteiger partial charge >= 0.3 is 0 Å². The Morgan fingerprint density at radius 1 is 0.958 bits per heavy atom. The third kappa shape index (κ3) is 4.96. The van der Waals surface area contributed by atoms with E-state index in [0.717, 1.165) is 24.0 Å². The Hall–Kier alpha value is -1.07. The van der Waals surface area contributed by atoms with Crippen molar-refractivity contribution in [2.24, 2.45) is 0 Å². The topological polar surface area (TPSA) is 46.2 Å². The van der Waals surface area contributed by atoms with E-state index < -0.39 is 10.0 Å². The number of halogens is 2. The van der Waals surface area contributed by atoms with E-state index in [1.807, 2.05) is 0 Å². The summed E-state index contributed by atoms with van der Waals surface area (Å²) < 4.78 is 27.5. The highest BCUT2D eigenvalue weighted by Gasteiger charge is 2.17. The molecule has 130 valence electrons. The van der Waals surface area contributed by atoms with Crippen LogP contribution in [0.15, 0.2) is 36.4 Å². The average molecular weight is 386 g/mol. The molecule has 0 aliphatic heterocycles. The van der Waals surface area contributed by atoms with E-state index in [1.54, 1.807) is 18.2 Å². The summed E-state index contributed by atoms with van der Waals surface area (Å²) in [6.07, 6.45) is 1.77. The summed E-state index contributed by atoms with van der Waals surface area (Å²) in [6.45, 7) is 4.40.